The summed E-state index contributed by atoms with van der Waals surface area (Å²) >= 11 is 0. The predicted octanol–water partition coefficient (Wildman–Crippen LogP) is 2.57. The highest BCUT2D eigenvalue weighted by molar-refractivity contribution is 5.95. The number of carbonyl (C=O) groups excluding carboxylic acids is 2. The van der Waals surface area contributed by atoms with Crippen LogP contribution in [0.15, 0.2) is 24.3 Å². The van der Waals surface area contributed by atoms with Gasteiger partial charge in [0, 0.05) is 17.8 Å². The van der Waals surface area contributed by atoms with Crippen molar-refractivity contribution in [3.8, 4) is 0 Å². The molecule has 0 aromatic heterocycles. The van der Waals surface area contributed by atoms with Gasteiger partial charge in [0.25, 0.3) is 0 Å². The molecule has 2 aliphatic rings. The Morgan fingerprint density at radius 1 is 1.16 bits per heavy atom. The van der Waals surface area contributed by atoms with Gasteiger partial charge in [-0.15, -0.1) is 0 Å². The molecule has 1 atom stereocenters. The van der Waals surface area contributed by atoms with Gasteiger partial charge in [0.05, 0.1) is 13.1 Å². The maximum absolute atomic E-state index is 12.3. The van der Waals surface area contributed by atoms with Gasteiger partial charge in [-0.1, -0.05) is 25.1 Å². The minimum Gasteiger partial charge on any atom is -0.346 e. The number of nitrogens with zero attached hydrogens (tertiary/aromatic N) is 1. The zero-order valence-corrected chi connectivity index (χ0v) is 15.3. The Kier molecular flexibility index (Phi) is 5.74. The zero-order chi connectivity index (χ0) is 17.8. The minimum absolute atomic E-state index is 0.0210. The van der Waals surface area contributed by atoms with Crippen LogP contribution in [0.1, 0.15) is 45.1 Å². The second kappa shape index (κ2) is 8.00. The molecule has 2 fully saturated rings. The van der Waals surface area contributed by atoms with Crippen molar-refractivity contribution in [3.05, 3.63) is 29.8 Å². The molecule has 3 rings (SSSR count). The van der Waals surface area contributed by atoms with Crippen molar-refractivity contribution >= 4 is 17.5 Å². The first-order valence-electron chi connectivity index (χ1n) is 9.48. The highest BCUT2D eigenvalue weighted by atomic mass is 16.2. The SMILES string of the molecule is CCc1ccccc1NC(=O)CNC(=O)CN(C1CC1)C(C)C1CC1. The number of anilines is 1. The molecule has 136 valence electrons. The molecular formula is C20H29N3O2. The van der Waals surface area contributed by atoms with Crippen LogP contribution in [-0.4, -0.2) is 41.9 Å². The van der Waals surface area contributed by atoms with Crippen molar-refractivity contribution in [2.24, 2.45) is 5.92 Å². The Hall–Kier alpha value is -1.88. The number of amides is 2. The number of para-hydroxylation sites is 1. The molecule has 0 heterocycles. The summed E-state index contributed by atoms with van der Waals surface area (Å²) in [5.41, 5.74) is 1.92. The molecule has 1 unspecified atom stereocenters. The number of hydrogen-bond donors (Lipinski definition) is 2. The highest BCUT2D eigenvalue weighted by Gasteiger charge is 2.39. The van der Waals surface area contributed by atoms with E-state index in [1.807, 2.05) is 24.3 Å². The van der Waals surface area contributed by atoms with E-state index in [-0.39, 0.29) is 18.4 Å². The molecule has 0 radical (unpaired) electrons. The van der Waals surface area contributed by atoms with Gasteiger partial charge in [-0.05, 0) is 56.6 Å². The van der Waals surface area contributed by atoms with Crippen molar-refractivity contribution in [2.75, 3.05) is 18.4 Å². The molecule has 0 spiro atoms. The van der Waals surface area contributed by atoms with Crippen LogP contribution in [0.4, 0.5) is 5.69 Å². The maximum atomic E-state index is 12.3. The average Bonchev–Trinajstić information content (AvgIpc) is 3.49. The smallest absolute Gasteiger partial charge is 0.243 e. The van der Waals surface area contributed by atoms with E-state index >= 15 is 0 Å². The van der Waals surface area contributed by atoms with E-state index in [1.165, 1.54) is 25.7 Å². The second-order valence-corrected chi connectivity index (χ2v) is 7.32. The lowest BCUT2D eigenvalue weighted by Gasteiger charge is -2.28. The van der Waals surface area contributed by atoms with Gasteiger partial charge in [-0.2, -0.15) is 0 Å². The van der Waals surface area contributed by atoms with Gasteiger partial charge >= 0.3 is 0 Å². The van der Waals surface area contributed by atoms with E-state index in [4.69, 9.17) is 0 Å². The molecule has 5 nitrogen and oxygen atoms in total. The fourth-order valence-corrected chi connectivity index (χ4v) is 3.41. The van der Waals surface area contributed by atoms with Crippen molar-refractivity contribution in [1.29, 1.82) is 0 Å². The first-order chi connectivity index (χ1) is 12.1. The molecule has 25 heavy (non-hydrogen) atoms. The van der Waals surface area contributed by atoms with Crippen LogP contribution >= 0.6 is 0 Å². The van der Waals surface area contributed by atoms with Gasteiger partial charge in [0.1, 0.15) is 0 Å². The highest BCUT2D eigenvalue weighted by Crippen LogP contribution is 2.39. The lowest BCUT2D eigenvalue weighted by atomic mass is 10.1. The van der Waals surface area contributed by atoms with E-state index < -0.39 is 0 Å². The van der Waals surface area contributed by atoms with Crippen LogP contribution in [0.3, 0.4) is 0 Å². The van der Waals surface area contributed by atoms with Crippen molar-refractivity contribution in [1.82, 2.24) is 10.2 Å². The Balaban J connectivity index is 1.45. The summed E-state index contributed by atoms with van der Waals surface area (Å²) in [5, 5.41) is 5.66. The summed E-state index contributed by atoms with van der Waals surface area (Å²) in [6.07, 6.45) is 5.81. The summed E-state index contributed by atoms with van der Waals surface area (Å²) < 4.78 is 0. The van der Waals surface area contributed by atoms with E-state index in [0.29, 0.717) is 18.6 Å². The first kappa shape index (κ1) is 17.9. The summed E-state index contributed by atoms with van der Waals surface area (Å²) in [4.78, 5) is 26.7. The maximum Gasteiger partial charge on any atom is 0.243 e. The molecule has 2 aliphatic carbocycles. The molecule has 0 bridgehead atoms. The fraction of sp³-hybridized carbons (Fsp3) is 0.600. The minimum atomic E-state index is -0.178. The summed E-state index contributed by atoms with van der Waals surface area (Å²) in [7, 11) is 0. The summed E-state index contributed by atoms with van der Waals surface area (Å²) in [5.74, 6) is 0.517. The summed E-state index contributed by atoms with van der Waals surface area (Å²) in [6.45, 7) is 4.71. The van der Waals surface area contributed by atoms with Crippen LogP contribution in [-0.2, 0) is 16.0 Å². The third-order valence-electron chi connectivity index (χ3n) is 5.29. The fourth-order valence-electron chi connectivity index (χ4n) is 3.41. The summed E-state index contributed by atoms with van der Waals surface area (Å²) in [6, 6.07) is 8.80. The van der Waals surface area contributed by atoms with Crippen LogP contribution in [0.2, 0.25) is 0 Å². The average molecular weight is 343 g/mol. The van der Waals surface area contributed by atoms with Crippen LogP contribution in [0.5, 0.6) is 0 Å². The van der Waals surface area contributed by atoms with E-state index in [2.05, 4.69) is 29.4 Å². The predicted molar refractivity (Wildman–Crippen MR) is 99.4 cm³/mol. The number of hydrogen-bond acceptors (Lipinski definition) is 3. The van der Waals surface area contributed by atoms with Gasteiger partial charge in [-0.25, -0.2) is 0 Å². The van der Waals surface area contributed by atoms with Gasteiger partial charge in [0.15, 0.2) is 0 Å². The molecule has 2 N–H and O–H groups in total. The third-order valence-corrected chi connectivity index (χ3v) is 5.29. The zero-order valence-electron chi connectivity index (χ0n) is 15.3. The third kappa shape index (κ3) is 5.05. The lowest BCUT2D eigenvalue weighted by Crippen LogP contribution is -2.45. The monoisotopic (exact) mass is 343 g/mol. The number of nitrogens with one attached hydrogen (secondary N) is 2. The normalized spacial score (nSPS) is 18.0. The molecule has 2 saturated carbocycles. The molecule has 0 aliphatic heterocycles. The molecule has 1 aromatic carbocycles. The van der Waals surface area contributed by atoms with Crippen molar-refractivity contribution in [3.63, 3.8) is 0 Å². The van der Waals surface area contributed by atoms with Gasteiger partial charge < -0.3 is 10.6 Å². The lowest BCUT2D eigenvalue weighted by molar-refractivity contribution is -0.125. The first-order valence-corrected chi connectivity index (χ1v) is 9.48. The quantitative estimate of drug-likeness (QED) is 0.724. The second-order valence-electron chi connectivity index (χ2n) is 7.32. The van der Waals surface area contributed by atoms with Crippen LogP contribution in [0, 0.1) is 5.92 Å². The molecule has 1 aromatic rings. The van der Waals surface area contributed by atoms with Crippen LogP contribution in [0.25, 0.3) is 0 Å². The van der Waals surface area contributed by atoms with Gasteiger partial charge in [0.2, 0.25) is 11.8 Å². The number of aryl methyl sites for hydroxylation is 1. The van der Waals surface area contributed by atoms with Crippen molar-refractivity contribution < 1.29 is 9.59 Å². The topological polar surface area (TPSA) is 61.4 Å². The molecule has 5 heteroatoms. The Morgan fingerprint density at radius 2 is 1.88 bits per heavy atom. The number of benzene rings is 1. The molecule has 0 saturated heterocycles. The standard InChI is InChI=1S/C20H29N3O2/c1-3-15-6-4-5-7-18(15)22-19(24)12-21-20(25)13-23(17-10-11-17)14(2)16-8-9-16/h4-7,14,16-17H,3,8-13H2,1-2H3,(H,21,25)(H,22,24). The van der Waals surface area contributed by atoms with Crippen LogP contribution < -0.4 is 10.6 Å². The Bertz CT molecular complexity index is 623. The van der Waals surface area contributed by atoms with Crippen molar-refractivity contribution in [2.45, 2.75) is 58.0 Å². The molecule has 2 amide bonds. The molecular weight excluding hydrogens is 314 g/mol. The Morgan fingerprint density at radius 3 is 2.52 bits per heavy atom. The Labute approximate surface area is 150 Å². The van der Waals surface area contributed by atoms with E-state index in [1.54, 1.807) is 0 Å². The number of carbonyl (C=O) groups is 2. The van der Waals surface area contributed by atoms with E-state index in [9.17, 15) is 9.59 Å². The van der Waals surface area contributed by atoms with E-state index in [0.717, 1.165) is 23.6 Å². The van der Waals surface area contributed by atoms with Gasteiger partial charge in [-0.3, -0.25) is 14.5 Å². The largest absolute Gasteiger partial charge is 0.346 e. The number of rotatable bonds is 9.